The van der Waals surface area contributed by atoms with Gasteiger partial charge in [-0.25, -0.2) is 4.79 Å². The van der Waals surface area contributed by atoms with E-state index >= 15 is 0 Å². The highest BCUT2D eigenvalue weighted by Gasteiger charge is 2.24. The second-order valence-corrected chi connectivity index (χ2v) is 4.94. The third-order valence-corrected chi connectivity index (χ3v) is 3.46. The molecule has 1 aromatic heterocycles. The number of nitrogens with one attached hydrogen (secondary N) is 1. The SMILES string of the molecule is CCOC(=O)c1n[nH]nc1-c1c(Cl)ccc(Br)c1OC. The fourth-order valence-corrected chi connectivity index (χ4v) is 2.43. The van der Waals surface area contributed by atoms with Gasteiger partial charge < -0.3 is 9.47 Å². The molecule has 1 heterocycles. The smallest absolute Gasteiger partial charge is 0.361 e. The van der Waals surface area contributed by atoms with Crippen LogP contribution in [0, 0.1) is 0 Å². The summed E-state index contributed by atoms with van der Waals surface area (Å²) in [6.07, 6.45) is 0. The van der Waals surface area contributed by atoms with Crippen LogP contribution in [0.4, 0.5) is 0 Å². The molecule has 0 unspecified atom stereocenters. The lowest BCUT2D eigenvalue weighted by Gasteiger charge is -2.11. The molecule has 8 heteroatoms. The van der Waals surface area contributed by atoms with Crippen molar-refractivity contribution >= 4 is 33.5 Å². The van der Waals surface area contributed by atoms with Gasteiger partial charge in [0.05, 0.1) is 28.8 Å². The average molecular weight is 361 g/mol. The van der Waals surface area contributed by atoms with Crippen LogP contribution in [0.3, 0.4) is 0 Å². The van der Waals surface area contributed by atoms with E-state index in [1.165, 1.54) is 7.11 Å². The highest BCUT2D eigenvalue weighted by atomic mass is 79.9. The quantitative estimate of drug-likeness (QED) is 0.848. The number of carbonyl (C=O) groups excluding carboxylic acids is 1. The average Bonchev–Trinajstić information content (AvgIpc) is 2.90. The van der Waals surface area contributed by atoms with Crippen LogP contribution < -0.4 is 4.74 Å². The summed E-state index contributed by atoms with van der Waals surface area (Å²) in [6.45, 7) is 1.96. The predicted molar refractivity (Wildman–Crippen MR) is 77.0 cm³/mol. The van der Waals surface area contributed by atoms with Gasteiger partial charge in [-0.15, -0.1) is 5.10 Å². The monoisotopic (exact) mass is 359 g/mol. The molecule has 0 aliphatic heterocycles. The number of nitrogens with zero attached hydrogens (tertiary/aromatic N) is 2. The molecule has 0 radical (unpaired) electrons. The van der Waals surface area contributed by atoms with Crippen molar-refractivity contribution in [3.8, 4) is 17.0 Å². The standard InChI is InChI=1S/C12H11BrClN3O3/c1-3-20-12(18)10-9(15-17-16-10)8-7(14)5-4-6(13)11(8)19-2/h4-5H,3H2,1-2H3,(H,15,16,17). The third kappa shape index (κ3) is 2.64. The lowest BCUT2D eigenvalue weighted by atomic mass is 10.1. The highest BCUT2D eigenvalue weighted by molar-refractivity contribution is 9.10. The number of H-pyrrole nitrogens is 1. The summed E-state index contributed by atoms with van der Waals surface area (Å²) in [6, 6.07) is 3.42. The van der Waals surface area contributed by atoms with Crippen molar-refractivity contribution in [2.45, 2.75) is 6.92 Å². The number of ether oxygens (including phenoxy) is 2. The predicted octanol–water partition coefficient (Wildman–Crippen LogP) is 3.07. The van der Waals surface area contributed by atoms with E-state index in [9.17, 15) is 4.79 Å². The Kier molecular flexibility index (Phi) is 4.61. The molecule has 106 valence electrons. The van der Waals surface area contributed by atoms with Crippen molar-refractivity contribution in [1.29, 1.82) is 0 Å². The van der Waals surface area contributed by atoms with Crippen LogP contribution in [0.2, 0.25) is 5.02 Å². The number of rotatable bonds is 4. The third-order valence-electron chi connectivity index (χ3n) is 2.52. The van der Waals surface area contributed by atoms with Crippen LogP contribution in [0.5, 0.6) is 5.75 Å². The van der Waals surface area contributed by atoms with E-state index in [0.717, 1.165) is 0 Å². The van der Waals surface area contributed by atoms with Gasteiger partial charge in [0, 0.05) is 0 Å². The molecule has 2 aromatic rings. The second kappa shape index (κ2) is 6.23. The molecule has 0 spiro atoms. The number of hydrogen-bond donors (Lipinski definition) is 1. The Labute approximate surface area is 128 Å². The van der Waals surface area contributed by atoms with Crippen LogP contribution in [0.25, 0.3) is 11.3 Å². The Balaban J connectivity index is 2.61. The molecule has 0 fully saturated rings. The lowest BCUT2D eigenvalue weighted by molar-refractivity contribution is 0.0520. The molecule has 1 aromatic carbocycles. The summed E-state index contributed by atoms with van der Waals surface area (Å²) < 4.78 is 10.9. The number of esters is 1. The van der Waals surface area contributed by atoms with Crippen molar-refractivity contribution in [2.24, 2.45) is 0 Å². The molecule has 0 bridgehead atoms. The Hall–Kier alpha value is -1.60. The fourth-order valence-electron chi connectivity index (χ4n) is 1.70. The van der Waals surface area contributed by atoms with E-state index in [0.29, 0.717) is 20.8 Å². The van der Waals surface area contributed by atoms with Crippen LogP contribution in [-0.2, 0) is 4.74 Å². The number of hydrogen-bond acceptors (Lipinski definition) is 5. The first-order valence-electron chi connectivity index (χ1n) is 5.70. The Morgan fingerprint density at radius 3 is 2.85 bits per heavy atom. The largest absolute Gasteiger partial charge is 0.495 e. The van der Waals surface area contributed by atoms with Gasteiger partial charge in [0.1, 0.15) is 11.4 Å². The first kappa shape index (κ1) is 14.8. The zero-order valence-electron chi connectivity index (χ0n) is 10.7. The second-order valence-electron chi connectivity index (χ2n) is 3.68. The van der Waals surface area contributed by atoms with Gasteiger partial charge in [0.25, 0.3) is 0 Å². The summed E-state index contributed by atoms with van der Waals surface area (Å²) >= 11 is 9.55. The molecule has 0 saturated carbocycles. The maximum Gasteiger partial charge on any atom is 0.361 e. The van der Waals surface area contributed by atoms with E-state index in [-0.39, 0.29) is 18.0 Å². The first-order chi connectivity index (χ1) is 9.60. The molecule has 0 saturated heterocycles. The van der Waals surface area contributed by atoms with E-state index < -0.39 is 5.97 Å². The first-order valence-corrected chi connectivity index (χ1v) is 6.87. The number of aromatic nitrogens is 3. The van der Waals surface area contributed by atoms with Gasteiger partial charge in [-0.1, -0.05) is 11.6 Å². The lowest BCUT2D eigenvalue weighted by Crippen LogP contribution is -2.07. The van der Waals surface area contributed by atoms with Crippen molar-refractivity contribution < 1.29 is 14.3 Å². The van der Waals surface area contributed by atoms with Crippen molar-refractivity contribution in [2.75, 3.05) is 13.7 Å². The Morgan fingerprint density at radius 1 is 1.45 bits per heavy atom. The number of methoxy groups -OCH3 is 1. The fraction of sp³-hybridized carbons (Fsp3) is 0.250. The highest BCUT2D eigenvalue weighted by Crippen LogP contribution is 2.41. The summed E-state index contributed by atoms with van der Waals surface area (Å²) in [5, 5.41) is 10.6. The maximum atomic E-state index is 11.9. The Morgan fingerprint density at radius 2 is 2.20 bits per heavy atom. The number of benzene rings is 1. The van der Waals surface area contributed by atoms with Crippen LogP contribution >= 0.6 is 27.5 Å². The van der Waals surface area contributed by atoms with E-state index in [4.69, 9.17) is 21.1 Å². The molecule has 0 amide bonds. The normalized spacial score (nSPS) is 10.4. The number of carbonyl (C=O) groups is 1. The van der Waals surface area contributed by atoms with Gasteiger partial charge >= 0.3 is 5.97 Å². The molecule has 0 aliphatic rings. The van der Waals surface area contributed by atoms with Gasteiger partial charge in [-0.3, -0.25) is 0 Å². The summed E-state index contributed by atoms with van der Waals surface area (Å²) in [5.41, 5.74) is 0.817. The van der Waals surface area contributed by atoms with E-state index in [1.54, 1.807) is 19.1 Å². The van der Waals surface area contributed by atoms with Gasteiger partial charge in [-0.2, -0.15) is 10.3 Å². The van der Waals surface area contributed by atoms with Crippen molar-refractivity contribution in [3.05, 3.63) is 27.3 Å². The minimum absolute atomic E-state index is 0.0603. The molecular weight excluding hydrogens is 350 g/mol. The minimum atomic E-state index is -0.575. The van der Waals surface area contributed by atoms with Gasteiger partial charge in [-0.05, 0) is 35.0 Å². The Bertz CT molecular complexity index is 645. The molecule has 20 heavy (non-hydrogen) atoms. The summed E-state index contributed by atoms with van der Waals surface area (Å²) in [7, 11) is 1.50. The zero-order chi connectivity index (χ0) is 14.7. The molecule has 1 N–H and O–H groups in total. The molecule has 0 atom stereocenters. The number of halogens is 2. The number of aromatic amines is 1. The topological polar surface area (TPSA) is 77.1 Å². The van der Waals surface area contributed by atoms with Crippen molar-refractivity contribution in [1.82, 2.24) is 15.4 Å². The van der Waals surface area contributed by atoms with E-state index in [2.05, 4.69) is 31.3 Å². The zero-order valence-corrected chi connectivity index (χ0v) is 13.1. The summed E-state index contributed by atoms with van der Waals surface area (Å²) in [5.74, 6) is -0.105. The maximum absolute atomic E-state index is 11.9. The molecule has 2 rings (SSSR count). The van der Waals surface area contributed by atoms with Gasteiger partial charge in [0.15, 0.2) is 5.69 Å². The molecule has 0 aliphatic carbocycles. The van der Waals surface area contributed by atoms with E-state index in [1.807, 2.05) is 0 Å². The minimum Gasteiger partial charge on any atom is -0.495 e. The van der Waals surface area contributed by atoms with Crippen LogP contribution in [0.1, 0.15) is 17.4 Å². The van der Waals surface area contributed by atoms with Crippen molar-refractivity contribution in [3.63, 3.8) is 0 Å². The molecular formula is C12H11BrClN3O3. The van der Waals surface area contributed by atoms with Crippen LogP contribution in [0.15, 0.2) is 16.6 Å². The van der Waals surface area contributed by atoms with Gasteiger partial charge in [0.2, 0.25) is 0 Å². The van der Waals surface area contributed by atoms with Crippen LogP contribution in [-0.4, -0.2) is 35.1 Å². The molecule has 6 nitrogen and oxygen atoms in total. The summed E-state index contributed by atoms with van der Waals surface area (Å²) in [4.78, 5) is 11.9.